The summed E-state index contributed by atoms with van der Waals surface area (Å²) in [6, 6.07) is 6.46. The van der Waals surface area contributed by atoms with Crippen molar-refractivity contribution in [1.29, 1.82) is 0 Å². The normalized spacial score (nSPS) is 17.8. The monoisotopic (exact) mass is 348 g/mol. The number of nitrogens with one attached hydrogen (secondary N) is 1. The standard InChI is InChI=1S/C16H17ClN4O3/c1-20-8-12(17)14(19-20)9-21-15(22)7-13(18-16(21)23)10-3-5-11(24-2)6-4-10/h3-6,8,13H,7,9H2,1-2H3,(H,18,23). The van der Waals surface area contributed by atoms with E-state index in [4.69, 9.17) is 16.3 Å². The van der Waals surface area contributed by atoms with Crippen molar-refractivity contribution in [2.45, 2.75) is 19.0 Å². The number of halogens is 1. The number of nitrogens with zero attached hydrogens (tertiary/aromatic N) is 3. The minimum absolute atomic E-state index is 0.0552. The zero-order chi connectivity index (χ0) is 17.3. The van der Waals surface area contributed by atoms with Gasteiger partial charge in [0, 0.05) is 13.2 Å². The molecule has 3 rings (SSSR count). The highest BCUT2D eigenvalue weighted by Gasteiger charge is 2.33. The van der Waals surface area contributed by atoms with Gasteiger partial charge in [-0.15, -0.1) is 0 Å². The number of aromatic nitrogens is 2. The highest BCUT2D eigenvalue weighted by molar-refractivity contribution is 6.31. The van der Waals surface area contributed by atoms with Crippen LogP contribution in [0.3, 0.4) is 0 Å². The van der Waals surface area contributed by atoms with E-state index in [0.29, 0.717) is 10.7 Å². The molecule has 7 nitrogen and oxygen atoms in total. The number of methoxy groups -OCH3 is 1. The van der Waals surface area contributed by atoms with Crippen molar-refractivity contribution in [3.05, 3.63) is 46.7 Å². The van der Waals surface area contributed by atoms with Crippen molar-refractivity contribution in [1.82, 2.24) is 20.0 Å². The van der Waals surface area contributed by atoms with E-state index in [2.05, 4.69) is 10.4 Å². The quantitative estimate of drug-likeness (QED) is 0.919. The van der Waals surface area contributed by atoms with Gasteiger partial charge in [-0.2, -0.15) is 5.10 Å². The van der Waals surface area contributed by atoms with Gasteiger partial charge < -0.3 is 10.1 Å². The van der Waals surface area contributed by atoms with Crippen LogP contribution in [0.5, 0.6) is 5.75 Å². The summed E-state index contributed by atoms with van der Waals surface area (Å²) in [5.74, 6) is 0.458. The number of aryl methyl sites for hydroxylation is 1. The van der Waals surface area contributed by atoms with Gasteiger partial charge in [-0.05, 0) is 17.7 Å². The molecule has 1 fully saturated rings. The van der Waals surface area contributed by atoms with E-state index >= 15 is 0 Å². The summed E-state index contributed by atoms with van der Waals surface area (Å²) in [7, 11) is 3.31. The second kappa shape index (κ2) is 6.52. The Bertz CT molecular complexity index is 754. The summed E-state index contributed by atoms with van der Waals surface area (Å²) >= 11 is 6.05. The molecule has 126 valence electrons. The Hall–Kier alpha value is -2.54. The first-order valence-corrected chi connectivity index (χ1v) is 7.78. The number of amides is 3. The average molecular weight is 349 g/mol. The summed E-state index contributed by atoms with van der Waals surface area (Å²) in [5, 5.41) is 7.44. The van der Waals surface area contributed by atoms with Gasteiger partial charge in [0.1, 0.15) is 11.4 Å². The largest absolute Gasteiger partial charge is 0.497 e. The molecule has 0 saturated carbocycles. The molecular weight excluding hydrogens is 332 g/mol. The van der Waals surface area contributed by atoms with Crippen LogP contribution in [0.1, 0.15) is 23.7 Å². The average Bonchev–Trinajstić information content (AvgIpc) is 2.88. The Labute approximate surface area is 144 Å². The summed E-state index contributed by atoms with van der Waals surface area (Å²) in [5.41, 5.74) is 1.35. The summed E-state index contributed by atoms with van der Waals surface area (Å²) in [6.07, 6.45) is 1.81. The highest BCUT2D eigenvalue weighted by Crippen LogP contribution is 2.26. The first-order valence-electron chi connectivity index (χ1n) is 7.40. The maximum Gasteiger partial charge on any atom is 0.324 e. The number of benzene rings is 1. The number of rotatable bonds is 4. The van der Waals surface area contributed by atoms with Crippen molar-refractivity contribution in [3.8, 4) is 5.75 Å². The van der Waals surface area contributed by atoms with Gasteiger partial charge in [0.05, 0.1) is 31.1 Å². The number of carbonyl (C=O) groups excluding carboxylic acids is 2. The lowest BCUT2D eigenvalue weighted by atomic mass is 10.0. The lowest BCUT2D eigenvalue weighted by Gasteiger charge is -2.31. The van der Waals surface area contributed by atoms with Gasteiger partial charge in [0.25, 0.3) is 0 Å². The molecule has 1 atom stereocenters. The number of urea groups is 1. The van der Waals surface area contributed by atoms with Gasteiger partial charge in [-0.1, -0.05) is 23.7 Å². The first kappa shape index (κ1) is 16.3. The van der Waals surface area contributed by atoms with Crippen LogP contribution in [0.15, 0.2) is 30.5 Å². The van der Waals surface area contributed by atoms with E-state index in [9.17, 15) is 9.59 Å². The van der Waals surface area contributed by atoms with E-state index in [-0.39, 0.29) is 24.9 Å². The molecule has 1 aromatic heterocycles. The zero-order valence-electron chi connectivity index (χ0n) is 13.3. The maximum absolute atomic E-state index is 12.4. The molecule has 2 heterocycles. The molecule has 0 aliphatic carbocycles. The van der Waals surface area contributed by atoms with Gasteiger partial charge in [0.2, 0.25) is 5.91 Å². The fraction of sp³-hybridized carbons (Fsp3) is 0.312. The molecule has 1 aromatic carbocycles. The molecule has 1 N–H and O–H groups in total. The number of hydrogen-bond donors (Lipinski definition) is 1. The molecule has 1 saturated heterocycles. The third kappa shape index (κ3) is 3.21. The Morgan fingerprint density at radius 2 is 2.04 bits per heavy atom. The lowest BCUT2D eigenvalue weighted by molar-refractivity contribution is -0.130. The minimum atomic E-state index is -0.450. The van der Waals surface area contributed by atoms with Crippen LogP contribution < -0.4 is 10.1 Å². The molecule has 1 aliphatic heterocycles. The van der Waals surface area contributed by atoms with Crippen LogP contribution in [0.25, 0.3) is 0 Å². The summed E-state index contributed by atoms with van der Waals surface area (Å²) < 4.78 is 6.66. The molecule has 3 amide bonds. The molecule has 1 unspecified atom stereocenters. The molecule has 1 aliphatic rings. The van der Waals surface area contributed by atoms with Crippen molar-refractivity contribution in [3.63, 3.8) is 0 Å². The molecule has 8 heteroatoms. The van der Waals surface area contributed by atoms with Gasteiger partial charge >= 0.3 is 6.03 Å². The van der Waals surface area contributed by atoms with Crippen LogP contribution in [-0.4, -0.2) is 33.7 Å². The Morgan fingerprint density at radius 1 is 1.33 bits per heavy atom. The van der Waals surface area contributed by atoms with Crippen LogP contribution >= 0.6 is 11.6 Å². The van der Waals surface area contributed by atoms with E-state index in [1.807, 2.05) is 12.1 Å². The number of imide groups is 1. The third-order valence-corrected chi connectivity index (χ3v) is 4.22. The third-order valence-electron chi connectivity index (χ3n) is 3.90. The van der Waals surface area contributed by atoms with E-state index in [1.54, 1.807) is 37.2 Å². The van der Waals surface area contributed by atoms with Crippen LogP contribution in [0.2, 0.25) is 5.02 Å². The van der Waals surface area contributed by atoms with Crippen molar-refractivity contribution in [2.24, 2.45) is 7.05 Å². The predicted octanol–water partition coefficient (Wildman–Crippen LogP) is 2.27. The minimum Gasteiger partial charge on any atom is -0.497 e. The SMILES string of the molecule is COc1ccc(C2CC(=O)N(Cc3nn(C)cc3Cl)C(=O)N2)cc1. The number of hydrogen-bond acceptors (Lipinski definition) is 4. The summed E-state index contributed by atoms with van der Waals surface area (Å²) in [4.78, 5) is 25.9. The zero-order valence-corrected chi connectivity index (χ0v) is 14.1. The summed E-state index contributed by atoms with van der Waals surface area (Å²) in [6.45, 7) is 0.0552. The molecule has 2 aromatic rings. The fourth-order valence-electron chi connectivity index (χ4n) is 2.64. The van der Waals surface area contributed by atoms with Crippen molar-refractivity contribution in [2.75, 3.05) is 7.11 Å². The highest BCUT2D eigenvalue weighted by atomic mass is 35.5. The Morgan fingerprint density at radius 3 is 2.58 bits per heavy atom. The Kier molecular flexibility index (Phi) is 4.44. The maximum atomic E-state index is 12.4. The van der Waals surface area contributed by atoms with E-state index in [1.165, 1.54) is 0 Å². The van der Waals surface area contributed by atoms with Crippen LogP contribution in [0.4, 0.5) is 4.79 Å². The van der Waals surface area contributed by atoms with Gasteiger partial charge in [-0.25, -0.2) is 4.79 Å². The second-order valence-electron chi connectivity index (χ2n) is 5.56. The smallest absolute Gasteiger partial charge is 0.324 e. The van der Waals surface area contributed by atoms with Crippen molar-refractivity contribution < 1.29 is 14.3 Å². The fourth-order valence-corrected chi connectivity index (χ4v) is 2.87. The van der Waals surface area contributed by atoms with Crippen LogP contribution in [-0.2, 0) is 18.4 Å². The van der Waals surface area contributed by atoms with E-state index < -0.39 is 6.03 Å². The predicted molar refractivity (Wildman–Crippen MR) is 87.7 cm³/mol. The number of ether oxygens (including phenoxy) is 1. The molecule has 0 bridgehead atoms. The molecule has 24 heavy (non-hydrogen) atoms. The topological polar surface area (TPSA) is 76.5 Å². The Balaban J connectivity index is 1.73. The molecule has 0 radical (unpaired) electrons. The van der Waals surface area contributed by atoms with Gasteiger partial charge in [-0.3, -0.25) is 14.4 Å². The number of carbonyl (C=O) groups is 2. The first-order chi connectivity index (χ1) is 11.5. The molecule has 0 spiro atoms. The second-order valence-corrected chi connectivity index (χ2v) is 5.96. The molecular formula is C16H17ClN4O3. The van der Waals surface area contributed by atoms with Gasteiger partial charge in [0.15, 0.2) is 0 Å². The van der Waals surface area contributed by atoms with Crippen molar-refractivity contribution >= 4 is 23.5 Å². The van der Waals surface area contributed by atoms with Crippen LogP contribution in [0, 0.1) is 0 Å². The lowest BCUT2D eigenvalue weighted by Crippen LogP contribution is -2.50. The van der Waals surface area contributed by atoms with E-state index in [0.717, 1.165) is 16.2 Å².